The van der Waals surface area contributed by atoms with E-state index in [9.17, 15) is 10.2 Å². The number of hydrogen-bond donors (Lipinski definition) is 0. The van der Waals surface area contributed by atoms with Gasteiger partial charge in [0.1, 0.15) is 46.4 Å². The zero-order chi connectivity index (χ0) is 41.0. The minimum absolute atomic E-state index is 0. The molecule has 0 unspecified atom stereocenters. The van der Waals surface area contributed by atoms with Crippen molar-refractivity contribution in [3.63, 3.8) is 0 Å². The molecule has 0 atom stereocenters. The maximum absolute atomic E-state index is 13.1. The third-order valence-electron chi connectivity index (χ3n) is 11.0. The Morgan fingerprint density at radius 3 is 0.825 bits per heavy atom. The number of nitrogens with zero attached hydrogens (tertiary/aromatic N) is 2. The molecule has 0 bridgehead atoms. The molecule has 0 saturated heterocycles. The largest absolute Gasteiger partial charge is 2.00 e. The van der Waals surface area contributed by atoms with Crippen LogP contribution in [0.2, 0.25) is 0 Å². The van der Waals surface area contributed by atoms with E-state index in [4.69, 9.17) is 0 Å². The molecule has 0 aromatic heterocycles. The molecule has 9 heteroatoms. The summed E-state index contributed by atoms with van der Waals surface area (Å²) in [6.45, 7) is 0.765. The zero-order valence-corrected chi connectivity index (χ0v) is 39.3. The van der Waals surface area contributed by atoms with Gasteiger partial charge >= 0.3 is 20.4 Å². The van der Waals surface area contributed by atoms with Gasteiger partial charge in [0, 0.05) is 12.4 Å². The van der Waals surface area contributed by atoms with Crippen molar-refractivity contribution in [1.82, 2.24) is 0 Å². The van der Waals surface area contributed by atoms with Gasteiger partial charge in [-0.2, -0.15) is 0 Å². The monoisotopic (exact) mass is 992 g/mol. The van der Waals surface area contributed by atoms with Crippen molar-refractivity contribution in [3.05, 3.63) is 241 Å². The van der Waals surface area contributed by atoms with E-state index in [0.717, 1.165) is 23.5 Å². The summed E-state index contributed by atoms with van der Waals surface area (Å²) in [5.74, 6) is -0.135. The van der Waals surface area contributed by atoms with Crippen LogP contribution in [0.25, 0.3) is 0 Å². The second kappa shape index (κ2) is 23.5. The molecule has 0 fully saturated rings. The summed E-state index contributed by atoms with van der Waals surface area (Å²) in [6.07, 6.45) is 4.87. The molecule has 8 aromatic rings. The predicted molar refractivity (Wildman–Crippen MR) is 254 cm³/mol. The van der Waals surface area contributed by atoms with E-state index >= 15 is 0 Å². The molecule has 318 valence electrons. The first-order chi connectivity index (χ1) is 29.6. The van der Waals surface area contributed by atoms with Crippen molar-refractivity contribution < 1.29 is 55.4 Å². The summed E-state index contributed by atoms with van der Waals surface area (Å²) in [5.41, 5.74) is 3.28. The molecular weight excluding hydrogens is 948 g/mol. The summed E-state index contributed by atoms with van der Waals surface area (Å²) in [4.78, 5) is 9.26. The third-order valence-corrected chi connectivity index (χ3v) is 19.7. The zero-order valence-electron chi connectivity index (χ0n) is 34.4. The minimum atomic E-state index is -2.14. The van der Waals surface area contributed by atoms with Gasteiger partial charge in [0.15, 0.2) is 0 Å². The van der Waals surface area contributed by atoms with E-state index in [1.54, 1.807) is 24.6 Å². The molecule has 8 aromatic carbocycles. The summed E-state index contributed by atoms with van der Waals surface area (Å²) < 4.78 is 0. The van der Waals surface area contributed by atoms with Gasteiger partial charge in [-0.1, -0.05) is 133 Å². The summed E-state index contributed by atoms with van der Waals surface area (Å²) in [7, 11) is -4.27. The van der Waals surface area contributed by atoms with Gasteiger partial charge < -0.3 is 35.0 Å². The fourth-order valence-electron chi connectivity index (χ4n) is 8.12. The van der Waals surface area contributed by atoms with Crippen LogP contribution in [-0.4, -0.2) is 25.5 Å². The Morgan fingerprint density at radius 2 is 0.587 bits per heavy atom. The van der Waals surface area contributed by atoms with Crippen molar-refractivity contribution in [2.75, 3.05) is 13.1 Å². The van der Waals surface area contributed by atoms with Crippen molar-refractivity contribution in [1.29, 1.82) is 0 Å². The first-order valence-corrected chi connectivity index (χ1v) is 24.2. The molecule has 0 N–H and O–H groups in total. The van der Waals surface area contributed by atoms with Crippen molar-refractivity contribution in [2.24, 2.45) is 9.98 Å². The number of benzene rings is 8. The van der Waals surface area contributed by atoms with Crippen molar-refractivity contribution in [3.8, 4) is 11.5 Å². The topological polar surface area (TPSA) is 70.8 Å². The van der Waals surface area contributed by atoms with Gasteiger partial charge in [-0.05, 0) is 107 Å². The van der Waals surface area contributed by atoms with Crippen LogP contribution >= 0.6 is 14.5 Å². The maximum Gasteiger partial charge on any atom is 2.00 e. The summed E-state index contributed by atoms with van der Waals surface area (Å²) in [5, 5.41) is 34.0. The van der Waals surface area contributed by atoms with Crippen LogP contribution < -0.4 is 66.9 Å². The molecule has 0 spiro atoms. The van der Waals surface area contributed by atoms with E-state index in [0.29, 0.717) is 24.2 Å². The first-order valence-electron chi connectivity index (χ1n) is 20.3. The predicted octanol–water partition coefficient (Wildman–Crippen LogP) is 2.37. The van der Waals surface area contributed by atoms with E-state index in [1.807, 2.05) is 24.3 Å². The van der Waals surface area contributed by atoms with E-state index in [-0.39, 0.29) is 56.7 Å². The molecule has 0 aliphatic carbocycles. The normalized spacial score (nSPS) is 11.4. The van der Waals surface area contributed by atoms with Crippen LogP contribution in [0.3, 0.4) is 0 Å². The average Bonchev–Trinajstić information content (AvgIpc) is 3.32. The molecule has 0 aliphatic heterocycles. The first kappa shape index (κ1) is 48.8. The Hall–Kier alpha value is -5.20. The SMILES string of the molecule is [Cl-].[Cl-].[O-]c1ccc(C[P+](c2ccccc2)(c2ccccc2)c2ccccc2)cc1C=NCCN=Cc1cc(C[P+](c2ccccc2)(c2ccccc2)c2ccccc2)ccc1[O-].[Pd+2]. The number of rotatable bonds is 15. The minimum Gasteiger partial charge on any atom is -1.00 e. The fraction of sp³-hybridized carbons (Fsp3) is 0.0741. The van der Waals surface area contributed by atoms with Crippen LogP contribution in [0.1, 0.15) is 22.3 Å². The molecule has 63 heavy (non-hydrogen) atoms. The van der Waals surface area contributed by atoms with Crippen LogP contribution in [0, 0.1) is 0 Å². The molecule has 4 nitrogen and oxygen atoms in total. The molecule has 8 rings (SSSR count). The van der Waals surface area contributed by atoms with Gasteiger partial charge in [0.25, 0.3) is 0 Å². The van der Waals surface area contributed by atoms with E-state index < -0.39 is 14.5 Å². The smallest absolute Gasteiger partial charge is 1.00 e. The Kier molecular flexibility index (Phi) is 18.2. The van der Waals surface area contributed by atoms with Crippen LogP contribution in [0.5, 0.6) is 11.5 Å². The Bertz CT molecular complexity index is 2300. The van der Waals surface area contributed by atoms with Crippen LogP contribution in [-0.2, 0) is 32.7 Å². The van der Waals surface area contributed by atoms with Crippen LogP contribution in [0.15, 0.2) is 228 Å². The van der Waals surface area contributed by atoms with Gasteiger partial charge in [-0.3, -0.25) is 9.98 Å². The molecule has 0 saturated carbocycles. The molecule has 0 heterocycles. The molecule has 0 aliphatic rings. The van der Waals surface area contributed by atoms with Crippen molar-refractivity contribution >= 4 is 58.8 Å². The maximum atomic E-state index is 13.1. The van der Waals surface area contributed by atoms with E-state index in [1.165, 1.54) is 31.8 Å². The number of aliphatic imine (C=N–C) groups is 2. The van der Waals surface area contributed by atoms with Gasteiger partial charge in [0.05, 0.1) is 25.4 Å². The Labute approximate surface area is 399 Å². The molecular formula is C54H46Cl2N2O2P2Pd. The summed E-state index contributed by atoms with van der Waals surface area (Å²) in [6, 6.07) is 75.8. The third kappa shape index (κ3) is 11.1. The van der Waals surface area contributed by atoms with Crippen LogP contribution in [0.4, 0.5) is 0 Å². The van der Waals surface area contributed by atoms with Gasteiger partial charge in [0.2, 0.25) is 0 Å². The van der Waals surface area contributed by atoms with Crippen molar-refractivity contribution in [2.45, 2.75) is 12.3 Å². The molecule has 0 amide bonds. The number of hydrogen-bond acceptors (Lipinski definition) is 4. The van der Waals surface area contributed by atoms with E-state index in [2.05, 4.69) is 192 Å². The second-order valence-electron chi connectivity index (χ2n) is 14.8. The second-order valence-corrected chi connectivity index (χ2v) is 21.7. The van der Waals surface area contributed by atoms with Gasteiger partial charge in [-0.15, -0.1) is 11.5 Å². The number of halogens is 2. The Morgan fingerprint density at radius 1 is 0.349 bits per heavy atom. The average molecular weight is 994 g/mol. The Balaban J connectivity index is 0.00000249. The fourth-order valence-corrected chi connectivity index (χ4v) is 16.6. The van der Waals surface area contributed by atoms with Gasteiger partial charge in [-0.25, -0.2) is 0 Å². The standard InChI is InChI=1S/C54H46N2O2P2.2ClH.Pd/c57-53-33-31-43(41-59(47-19-7-1-8-20-47,48-21-9-2-10-22-48)49-23-11-3-12-24-49)37-45(53)39-55-35-36-56-40-46-38-44(32-34-54(46)58)42-60(50-25-13-4-14-26-50,51-27-15-5-16-28-51)52-29-17-6-18-30-52;;;/h1-34,37-40H,35-36,41-42H2;2*1H;/q;;;+2/p-2. The quantitative estimate of drug-likeness (QED) is 0.0687. The summed E-state index contributed by atoms with van der Waals surface area (Å²) >= 11 is 0. The molecule has 0 radical (unpaired) electrons.